The first-order valence-corrected chi connectivity index (χ1v) is 10.3. The van der Waals surface area contributed by atoms with Gasteiger partial charge in [0.25, 0.3) is 0 Å². The van der Waals surface area contributed by atoms with E-state index in [-0.39, 0.29) is 0 Å². The lowest BCUT2D eigenvalue weighted by Gasteiger charge is -2.23. The molecule has 25 heavy (non-hydrogen) atoms. The van der Waals surface area contributed by atoms with Crippen LogP contribution in [0.2, 0.25) is 0 Å². The third-order valence-electron chi connectivity index (χ3n) is 4.19. The zero-order chi connectivity index (χ0) is 18.3. The molecule has 0 aliphatic rings. The van der Waals surface area contributed by atoms with E-state index in [1.807, 2.05) is 18.2 Å². The summed E-state index contributed by atoms with van der Waals surface area (Å²) in [7, 11) is -3.46. The molecule has 0 amide bonds. The number of hydrogen-bond acceptors (Lipinski definition) is 3. The van der Waals surface area contributed by atoms with Gasteiger partial charge in [0.05, 0.1) is 4.90 Å². The Morgan fingerprint density at radius 2 is 1.76 bits per heavy atom. The summed E-state index contributed by atoms with van der Waals surface area (Å²) >= 11 is 0. The van der Waals surface area contributed by atoms with E-state index in [1.54, 1.807) is 12.1 Å². The van der Waals surface area contributed by atoms with E-state index in [0.29, 0.717) is 18.0 Å². The van der Waals surface area contributed by atoms with Crippen LogP contribution >= 0.6 is 0 Å². The Balaban J connectivity index is 1.96. The fourth-order valence-corrected chi connectivity index (χ4v) is 3.84. The molecule has 0 saturated carbocycles. The molecule has 2 aromatic carbocycles. The number of hydrogen-bond donors (Lipinski definition) is 1. The minimum Gasteiger partial charge on any atom is -0.370 e. The zero-order valence-electron chi connectivity index (χ0n) is 15.3. The molecule has 136 valence electrons. The summed E-state index contributed by atoms with van der Waals surface area (Å²) in [4.78, 5) is 2.49. The SMILES string of the molecule is CCCc1ccc(S(=O)(=O)NCCN(CC)c2cccc(C)c2)cc1. The van der Waals surface area contributed by atoms with Crippen molar-refractivity contribution in [3.63, 3.8) is 0 Å². The van der Waals surface area contributed by atoms with Crippen LogP contribution in [0, 0.1) is 6.92 Å². The number of rotatable bonds is 9. The van der Waals surface area contributed by atoms with E-state index in [4.69, 9.17) is 0 Å². The molecule has 0 saturated heterocycles. The fraction of sp³-hybridized carbons (Fsp3) is 0.400. The quantitative estimate of drug-likeness (QED) is 0.741. The predicted octanol–water partition coefficient (Wildman–Crippen LogP) is 3.75. The summed E-state index contributed by atoms with van der Waals surface area (Å²) in [5, 5.41) is 0. The van der Waals surface area contributed by atoms with Gasteiger partial charge in [-0.1, -0.05) is 37.6 Å². The van der Waals surface area contributed by atoms with Crippen molar-refractivity contribution in [2.75, 3.05) is 24.5 Å². The number of benzene rings is 2. The van der Waals surface area contributed by atoms with Crippen LogP contribution in [0.3, 0.4) is 0 Å². The highest BCUT2D eigenvalue weighted by Gasteiger charge is 2.14. The third-order valence-corrected chi connectivity index (χ3v) is 5.67. The Morgan fingerprint density at radius 1 is 1.04 bits per heavy atom. The zero-order valence-corrected chi connectivity index (χ0v) is 16.1. The van der Waals surface area contributed by atoms with Crippen molar-refractivity contribution in [1.29, 1.82) is 0 Å². The highest BCUT2D eigenvalue weighted by molar-refractivity contribution is 7.89. The first-order valence-electron chi connectivity index (χ1n) is 8.86. The minimum atomic E-state index is -3.46. The maximum Gasteiger partial charge on any atom is 0.240 e. The van der Waals surface area contributed by atoms with Gasteiger partial charge in [0.1, 0.15) is 0 Å². The Morgan fingerprint density at radius 3 is 2.36 bits per heavy atom. The van der Waals surface area contributed by atoms with Gasteiger partial charge in [-0.2, -0.15) is 0 Å². The van der Waals surface area contributed by atoms with Gasteiger partial charge in [0.15, 0.2) is 0 Å². The van der Waals surface area contributed by atoms with Gasteiger partial charge in [0, 0.05) is 25.3 Å². The molecule has 5 heteroatoms. The Bertz CT molecular complexity index is 771. The van der Waals surface area contributed by atoms with Crippen LogP contribution in [0.4, 0.5) is 5.69 Å². The number of sulfonamides is 1. The van der Waals surface area contributed by atoms with Crippen LogP contribution in [0.25, 0.3) is 0 Å². The van der Waals surface area contributed by atoms with Gasteiger partial charge in [-0.05, 0) is 55.7 Å². The van der Waals surface area contributed by atoms with Gasteiger partial charge < -0.3 is 4.90 Å². The molecule has 0 heterocycles. The van der Waals surface area contributed by atoms with Crippen molar-refractivity contribution in [3.05, 3.63) is 59.7 Å². The summed E-state index contributed by atoms with van der Waals surface area (Å²) in [6, 6.07) is 15.4. The van der Waals surface area contributed by atoms with Crippen molar-refractivity contribution in [3.8, 4) is 0 Å². The number of nitrogens with zero attached hydrogens (tertiary/aromatic N) is 1. The molecule has 0 aliphatic heterocycles. The largest absolute Gasteiger partial charge is 0.370 e. The van der Waals surface area contributed by atoms with Crippen LogP contribution < -0.4 is 9.62 Å². The van der Waals surface area contributed by atoms with Crippen molar-refractivity contribution >= 4 is 15.7 Å². The highest BCUT2D eigenvalue weighted by atomic mass is 32.2. The first kappa shape index (κ1) is 19.5. The van der Waals surface area contributed by atoms with E-state index in [0.717, 1.165) is 30.6 Å². The second-order valence-electron chi connectivity index (χ2n) is 6.21. The van der Waals surface area contributed by atoms with Crippen LogP contribution in [-0.4, -0.2) is 28.1 Å². The van der Waals surface area contributed by atoms with Gasteiger partial charge >= 0.3 is 0 Å². The van der Waals surface area contributed by atoms with Gasteiger partial charge in [-0.15, -0.1) is 0 Å². The third kappa shape index (κ3) is 5.58. The van der Waals surface area contributed by atoms with Crippen LogP contribution in [0.1, 0.15) is 31.4 Å². The van der Waals surface area contributed by atoms with Gasteiger partial charge in [-0.3, -0.25) is 0 Å². The molecule has 0 fully saturated rings. The van der Waals surface area contributed by atoms with Crippen LogP contribution in [-0.2, 0) is 16.4 Å². The van der Waals surface area contributed by atoms with Gasteiger partial charge in [-0.25, -0.2) is 13.1 Å². The molecule has 4 nitrogen and oxygen atoms in total. The summed E-state index contributed by atoms with van der Waals surface area (Å²) in [6.07, 6.45) is 2.02. The van der Waals surface area contributed by atoms with Crippen LogP contribution in [0.5, 0.6) is 0 Å². The molecule has 0 spiro atoms. The summed E-state index contributed by atoms with van der Waals surface area (Å²) in [5.74, 6) is 0. The monoisotopic (exact) mass is 360 g/mol. The average Bonchev–Trinajstić information content (AvgIpc) is 2.59. The molecular weight excluding hydrogens is 332 g/mol. The molecular formula is C20H28N2O2S. The Labute approximate surface area is 151 Å². The standard InChI is InChI=1S/C20H28N2O2S/c1-4-7-18-10-12-20(13-11-18)25(23,24)21-14-15-22(5-2)19-9-6-8-17(3)16-19/h6,8-13,16,21H,4-5,7,14-15H2,1-3H3. The molecule has 0 bridgehead atoms. The van der Waals surface area contributed by atoms with E-state index >= 15 is 0 Å². The van der Waals surface area contributed by atoms with E-state index in [9.17, 15) is 8.42 Å². The average molecular weight is 361 g/mol. The lowest BCUT2D eigenvalue weighted by atomic mass is 10.1. The van der Waals surface area contributed by atoms with E-state index in [2.05, 4.69) is 48.6 Å². The van der Waals surface area contributed by atoms with Crippen molar-refractivity contribution in [2.24, 2.45) is 0 Å². The van der Waals surface area contributed by atoms with Crippen molar-refractivity contribution in [1.82, 2.24) is 4.72 Å². The van der Waals surface area contributed by atoms with Crippen LogP contribution in [0.15, 0.2) is 53.4 Å². The Kier molecular flexibility index (Phi) is 7.02. The molecule has 0 atom stereocenters. The molecule has 0 aromatic heterocycles. The fourth-order valence-electron chi connectivity index (χ4n) is 2.82. The lowest BCUT2D eigenvalue weighted by Crippen LogP contribution is -2.35. The number of anilines is 1. The maximum absolute atomic E-state index is 12.4. The smallest absolute Gasteiger partial charge is 0.240 e. The Hall–Kier alpha value is -1.85. The first-order chi connectivity index (χ1) is 12.0. The van der Waals surface area contributed by atoms with Crippen molar-refractivity contribution < 1.29 is 8.42 Å². The number of likely N-dealkylation sites (N-methyl/N-ethyl adjacent to an activating group) is 1. The second kappa shape index (κ2) is 9.02. The topological polar surface area (TPSA) is 49.4 Å². The maximum atomic E-state index is 12.4. The second-order valence-corrected chi connectivity index (χ2v) is 7.98. The number of nitrogens with one attached hydrogen (secondary N) is 1. The van der Waals surface area contributed by atoms with E-state index < -0.39 is 10.0 Å². The number of aryl methyl sites for hydroxylation is 2. The molecule has 1 N–H and O–H groups in total. The highest BCUT2D eigenvalue weighted by Crippen LogP contribution is 2.15. The summed E-state index contributed by atoms with van der Waals surface area (Å²) in [6.45, 7) is 8.08. The summed E-state index contributed by atoms with van der Waals surface area (Å²) in [5.41, 5.74) is 3.48. The molecule has 0 aliphatic carbocycles. The van der Waals surface area contributed by atoms with Gasteiger partial charge in [0.2, 0.25) is 10.0 Å². The molecule has 2 rings (SSSR count). The molecule has 0 unspecified atom stereocenters. The lowest BCUT2D eigenvalue weighted by molar-refractivity contribution is 0.581. The van der Waals surface area contributed by atoms with E-state index in [1.165, 1.54) is 5.56 Å². The molecule has 2 aromatic rings. The predicted molar refractivity (Wildman–Crippen MR) is 105 cm³/mol. The summed E-state index contributed by atoms with van der Waals surface area (Å²) < 4.78 is 27.6. The minimum absolute atomic E-state index is 0.325. The normalized spacial score (nSPS) is 11.5. The molecule has 0 radical (unpaired) electrons. The van der Waals surface area contributed by atoms with Crippen molar-refractivity contribution in [2.45, 2.75) is 38.5 Å².